The first-order valence-corrected chi connectivity index (χ1v) is 9.75. The van der Waals surface area contributed by atoms with Crippen LogP contribution < -0.4 is 10.1 Å². The van der Waals surface area contributed by atoms with E-state index in [9.17, 15) is 4.79 Å². The molecular weight excluding hydrogens is 350 g/mol. The van der Waals surface area contributed by atoms with Gasteiger partial charge in [-0.1, -0.05) is 48.1 Å². The van der Waals surface area contributed by atoms with E-state index in [0.717, 1.165) is 30.6 Å². The third-order valence-electron chi connectivity index (χ3n) is 5.35. The second-order valence-corrected chi connectivity index (χ2v) is 7.23. The van der Waals surface area contributed by atoms with Crippen LogP contribution in [0.3, 0.4) is 0 Å². The smallest absolute Gasteiger partial charge is 0.248 e. The van der Waals surface area contributed by atoms with E-state index in [4.69, 9.17) is 9.47 Å². The van der Waals surface area contributed by atoms with Gasteiger partial charge in [-0.25, -0.2) is 0 Å². The first kappa shape index (κ1) is 18.4. The summed E-state index contributed by atoms with van der Waals surface area (Å²) in [6.45, 7) is 0.466. The third kappa shape index (κ3) is 4.11. The highest BCUT2D eigenvalue weighted by Gasteiger charge is 2.26. The molecule has 1 aromatic carbocycles. The Morgan fingerprint density at radius 3 is 2.86 bits per heavy atom. The predicted molar refractivity (Wildman–Crippen MR) is 110 cm³/mol. The summed E-state index contributed by atoms with van der Waals surface area (Å²) >= 11 is 0. The molecule has 0 aromatic heterocycles. The maximum Gasteiger partial charge on any atom is 0.248 e. The fourth-order valence-corrected chi connectivity index (χ4v) is 3.83. The van der Waals surface area contributed by atoms with Crippen molar-refractivity contribution in [2.45, 2.75) is 31.7 Å². The van der Waals surface area contributed by atoms with Crippen molar-refractivity contribution in [1.29, 1.82) is 0 Å². The van der Waals surface area contributed by atoms with Gasteiger partial charge in [0.15, 0.2) is 0 Å². The largest absolute Gasteiger partial charge is 0.497 e. The Balaban J connectivity index is 1.44. The number of hydrogen-bond donors (Lipinski definition) is 1. The minimum absolute atomic E-state index is 0.0966. The number of amides is 1. The van der Waals surface area contributed by atoms with Gasteiger partial charge in [0.25, 0.3) is 0 Å². The second-order valence-electron chi connectivity index (χ2n) is 7.23. The summed E-state index contributed by atoms with van der Waals surface area (Å²) in [5.74, 6) is 1.43. The molecule has 1 heterocycles. The monoisotopic (exact) mass is 375 g/mol. The van der Waals surface area contributed by atoms with Crippen LogP contribution in [0.1, 0.15) is 24.8 Å². The Bertz CT molecular complexity index is 900. The van der Waals surface area contributed by atoms with Crippen molar-refractivity contribution in [3.05, 3.63) is 88.8 Å². The highest BCUT2D eigenvalue weighted by molar-refractivity contribution is 5.91. The molecule has 0 unspecified atom stereocenters. The maximum absolute atomic E-state index is 12.0. The number of benzene rings is 1. The SMILES string of the molecule is COc1ccc(C[C@@H]2NC(=O)C=C2OCC2=CC=CCC3=C2C=CCC3)cc1. The quantitative estimate of drug-likeness (QED) is 0.812. The fraction of sp³-hybridized carbons (Fsp3) is 0.292. The second kappa shape index (κ2) is 8.34. The first-order chi connectivity index (χ1) is 13.7. The van der Waals surface area contributed by atoms with E-state index in [0.29, 0.717) is 18.8 Å². The summed E-state index contributed by atoms with van der Waals surface area (Å²) < 4.78 is 11.3. The molecule has 1 aromatic rings. The van der Waals surface area contributed by atoms with Gasteiger partial charge in [-0.3, -0.25) is 4.79 Å². The van der Waals surface area contributed by atoms with E-state index >= 15 is 0 Å². The lowest BCUT2D eigenvalue weighted by atomic mass is 9.91. The van der Waals surface area contributed by atoms with Crippen LogP contribution in [0.5, 0.6) is 5.75 Å². The van der Waals surface area contributed by atoms with Gasteiger partial charge in [-0.05, 0) is 54.5 Å². The van der Waals surface area contributed by atoms with Gasteiger partial charge in [-0.2, -0.15) is 0 Å². The van der Waals surface area contributed by atoms with E-state index in [1.54, 1.807) is 13.2 Å². The number of methoxy groups -OCH3 is 1. The van der Waals surface area contributed by atoms with Gasteiger partial charge in [0, 0.05) is 6.08 Å². The van der Waals surface area contributed by atoms with Crippen LogP contribution in [0.15, 0.2) is 83.2 Å². The molecule has 0 bridgehead atoms. The molecule has 0 saturated heterocycles. The molecule has 4 heteroatoms. The summed E-state index contributed by atoms with van der Waals surface area (Å²) in [6, 6.07) is 7.76. The van der Waals surface area contributed by atoms with E-state index in [-0.39, 0.29) is 11.9 Å². The van der Waals surface area contributed by atoms with Crippen LogP contribution in [0.4, 0.5) is 0 Å². The summed E-state index contributed by atoms with van der Waals surface area (Å²) in [5.41, 5.74) is 5.05. The highest BCUT2D eigenvalue weighted by atomic mass is 16.5. The number of rotatable bonds is 6. The van der Waals surface area contributed by atoms with Crippen LogP contribution in [-0.4, -0.2) is 25.7 Å². The van der Waals surface area contributed by atoms with Gasteiger partial charge < -0.3 is 14.8 Å². The lowest BCUT2D eigenvalue weighted by Gasteiger charge is -2.20. The van der Waals surface area contributed by atoms with Crippen molar-refractivity contribution in [2.75, 3.05) is 13.7 Å². The lowest BCUT2D eigenvalue weighted by molar-refractivity contribution is -0.116. The molecule has 1 N–H and O–H groups in total. The number of carbonyl (C=O) groups excluding carboxylic acids is 1. The molecule has 0 fully saturated rings. The van der Waals surface area contributed by atoms with Crippen LogP contribution in [-0.2, 0) is 16.0 Å². The summed E-state index contributed by atoms with van der Waals surface area (Å²) in [5, 5.41) is 2.99. The van der Waals surface area contributed by atoms with Gasteiger partial charge >= 0.3 is 0 Å². The zero-order valence-electron chi connectivity index (χ0n) is 16.1. The van der Waals surface area contributed by atoms with E-state index in [1.807, 2.05) is 24.3 Å². The van der Waals surface area contributed by atoms with Gasteiger partial charge in [0.05, 0.1) is 13.2 Å². The van der Waals surface area contributed by atoms with Gasteiger partial charge in [-0.15, -0.1) is 0 Å². The van der Waals surface area contributed by atoms with Crippen molar-refractivity contribution in [2.24, 2.45) is 0 Å². The van der Waals surface area contributed by atoms with Gasteiger partial charge in [0.1, 0.15) is 18.1 Å². The molecule has 1 atom stereocenters. The fourth-order valence-electron chi connectivity index (χ4n) is 3.83. The van der Waals surface area contributed by atoms with E-state index in [1.165, 1.54) is 16.7 Å². The molecule has 1 amide bonds. The van der Waals surface area contributed by atoms with Crippen LogP contribution in [0.25, 0.3) is 0 Å². The summed E-state index contributed by atoms with van der Waals surface area (Å²) in [7, 11) is 1.65. The summed E-state index contributed by atoms with van der Waals surface area (Å²) in [4.78, 5) is 12.0. The molecule has 0 radical (unpaired) electrons. The minimum Gasteiger partial charge on any atom is -0.497 e. The zero-order chi connectivity index (χ0) is 19.3. The van der Waals surface area contributed by atoms with Crippen LogP contribution in [0.2, 0.25) is 0 Å². The lowest BCUT2D eigenvalue weighted by Crippen LogP contribution is -2.31. The van der Waals surface area contributed by atoms with E-state index in [2.05, 4.69) is 35.7 Å². The average Bonchev–Trinajstić information content (AvgIpc) is 2.94. The van der Waals surface area contributed by atoms with Crippen molar-refractivity contribution >= 4 is 5.91 Å². The highest BCUT2D eigenvalue weighted by Crippen LogP contribution is 2.30. The molecule has 1 aliphatic heterocycles. The Morgan fingerprint density at radius 1 is 1.18 bits per heavy atom. The van der Waals surface area contributed by atoms with Crippen molar-refractivity contribution in [3.63, 3.8) is 0 Å². The number of allylic oxidation sites excluding steroid dienone is 6. The van der Waals surface area contributed by atoms with Crippen molar-refractivity contribution < 1.29 is 14.3 Å². The summed E-state index contributed by atoms with van der Waals surface area (Å²) in [6.07, 6.45) is 16.3. The number of hydrogen-bond acceptors (Lipinski definition) is 3. The molecule has 144 valence electrons. The molecule has 28 heavy (non-hydrogen) atoms. The molecule has 0 saturated carbocycles. The third-order valence-corrected chi connectivity index (χ3v) is 5.35. The first-order valence-electron chi connectivity index (χ1n) is 9.75. The Labute approximate surface area is 165 Å². The molecular formula is C24H25NO3. The van der Waals surface area contributed by atoms with Crippen LogP contribution >= 0.6 is 0 Å². The molecule has 3 aliphatic rings. The van der Waals surface area contributed by atoms with E-state index < -0.39 is 0 Å². The number of ether oxygens (including phenoxy) is 2. The topological polar surface area (TPSA) is 47.6 Å². The van der Waals surface area contributed by atoms with Crippen LogP contribution in [0, 0.1) is 0 Å². The Morgan fingerprint density at radius 2 is 2.04 bits per heavy atom. The molecule has 4 nitrogen and oxygen atoms in total. The van der Waals surface area contributed by atoms with Gasteiger partial charge in [0.2, 0.25) is 5.91 Å². The maximum atomic E-state index is 12.0. The van der Waals surface area contributed by atoms with Crippen molar-refractivity contribution in [3.8, 4) is 5.75 Å². The average molecular weight is 375 g/mol. The predicted octanol–water partition coefficient (Wildman–Crippen LogP) is 4.17. The Kier molecular flexibility index (Phi) is 5.47. The normalized spacial score (nSPS) is 20.9. The minimum atomic E-state index is -0.141. The van der Waals surface area contributed by atoms with Crippen molar-refractivity contribution in [1.82, 2.24) is 5.32 Å². The zero-order valence-corrected chi connectivity index (χ0v) is 16.1. The number of carbonyl (C=O) groups is 1. The number of nitrogens with one attached hydrogen (secondary N) is 1. The molecule has 4 rings (SSSR count). The molecule has 0 spiro atoms. The standard InChI is InChI=1S/C24H25NO3/c1-27-20-12-10-17(11-13-20)14-22-23(15-24(26)25-22)28-16-19-8-3-2-6-18-7-4-5-9-21(18)19/h2-3,5,8-13,15,22H,4,6-7,14,16H2,1H3,(H,25,26)/t22-/m0/s1. The molecule has 2 aliphatic carbocycles. The Hall–Kier alpha value is -3.01.